The lowest BCUT2D eigenvalue weighted by molar-refractivity contribution is -0.149. The molecule has 6 heteroatoms. The monoisotopic (exact) mass is 273 g/mol. The van der Waals surface area contributed by atoms with Crippen LogP contribution in [0.5, 0.6) is 0 Å². The van der Waals surface area contributed by atoms with Crippen LogP contribution in [0.2, 0.25) is 0 Å². The van der Waals surface area contributed by atoms with Crippen LogP contribution in [0.4, 0.5) is 0 Å². The number of hydrogen-bond acceptors (Lipinski definition) is 4. The minimum absolute atomic E-state index is 0.0249. The van der Waals surface area contributed by atoms with Crippen LogP contribution < -0.4 is 0 Å². The van der Waals surface area contributed by atoms with Gasteiger partial charge in [0.05, 0.1) is 0 Å². The van der Waals surface area contributed by atoms with Gasteiger partial charge in [-0.1, -0.05) is 18.7 Å². The van der Waals surface area contributed by atoms with Crippen molar-refractivity contribution in [2.45, 2.75) is 39.2 Å². The Morgan fingerprint density at radius 3 is 2.39 bits per heavy atom. The Labute approximate surface area is 111 Å². The van der Waals surface area contributed by atoms with Crippen LogP contribution in [0.1, 0.15) is 33.1 Å². The maximum Gasteiger partial charge on any atom is 0.323 e. The van der Waals surface area contributed by atoms with Crippen LogP contribution in [-0.4, -0.2) is 45.3 Å². The largest absolute Gasteiger partial charge is 0.480 e. The first-order valence-corrected chi connectivity index (χ1v) is 7.06. The molecular weight excluding hydrogens is 254 g/mol. The summed E-state index contributed by atoms with van der Waals surface area (Å²) in [4.78, 5) is 35.3. The zero-order chi connectivity index (χ0) is 13.7. The van der Waals surface area contributed by atoms with E-state index >= 15 is 0 Å². The van der Waals surface area contributed by atoms with Gasteiger partial charge < -0.3 is 10.0 Å². The van der Waals surface area contributed by atoms with Crippen molar-refractivity contribution in [2.24, 2.45) is 5.92 Å². The standard InChI is InChI=1S/C12H19NO4S/c1-8(7-18-9(2)14)12(17)13(6-11(15)16)10-4-3-5-10/h8,10H,3-7H2,1-2H3,(H,15,16). The second-order valence-corrected chi connectivity index (χ2v) is 5.85. The fourth-order valence-electron chi connectivity index (χ4n) is 1.83. The third kappa shape index (κ3) is 4.33. The van der Waals surface area contributed by atoms with Crippen molar-refractivity contribution in [3.05, 3.63) is 0 Å². The summed E-state index contributed by atoms with van der Waals surface area (Å²) in [5, 5.41) is 8.82. The van der Waals surface area contributed by atoms with Crippen molar-refractivity contribution in [1.29, 1.82) is 0 Å². The van der Waals surface area contributed by atoms with Crippen molar-refractivity contribution < 1.29 is 19.5 Å². The van der Waals surface area contributed by atoms with E-state index in [-0.39, 0.29) is 29.5 Å². The number of nitrogens with zero attached hydrogens (tertiary/aromatic N) is 1. The van der Waals surface area contributed by atoms with Gasteiger partial charge in [0.1, 0.15) is 6.54 Å². The average Bonchev–Trinajstić information content (AvgIpc) is 2.20. The molecule has 0 aromatic carbocycles. The number of carboxylic acid groups (broad SMARTS) is 1. The molecule has 0 aliphatic heterocycles. The summed E-state index contributed by atoms with van der Waals surface area (Å²) in [6.07, 6.45) is 2.81. The van der Waals surface area contributed by atoms with Crippen LogP contribution in [-0.2, 0) is 14.4 Å². The second kappa shape index (κ2) is 6.78. The molecule has 0 aromatic heterocycles. The molecular formula is C12H19NO4S. The zero-order valence-corrected chi connectivity index (χ0v) is 11.5. The first-order chi connectivity index (χ1) is 8.41. The van der Waals surface area contributed by atoms with Gasteiger partial charge in [0.15, 0.2) is 5.12 Å². The fourth-order valence-corrected chi connectivity index (χ4v) is 2.46. The third-order valence-electron chi connectivity index (χ3n) is 3.06. The van der Waals surface area contributed by atoms with E-state index in [1.165, 1.54) is 11.8 Å². The van der Waals surface area contributed by atoms with Gasteiger partial charge in [-0.15, -0.1) is 0 Å². The van der Waals surface area contributed by atoms with Gasteiger partial charge in [0.25, 0.3) is 0 Å². The molecule has 1 rings (SSSR count). The molecule has 102 valence electrons. The van der Waals surface area contributed by atoms with Crippen LogP contribution in [0.3, 0.4) is 0 Å². The number of carbonyl (C=O) groups excluding carboxylic acids is 2. The molecule has 1 amide bonds. The van der Waals surface area contributed by atoms with E-state index in [1.54, 1.807) is 6.92 Å². The van der Waals surface area contributed by atoms with Gasteiger partial charge >= 0.3 is 5.97 Å². The van der Waals surface area contributed by atoms with Crippen molar-refractivity contribution in [1.82, 2.24) is 4.90 Å². The highest BCUT2D eigenvalue weighted by atomic mass is 32.2. The number of rotatable bonds is 6. The van der Waals surface area contributed by atoms with Crippen LogP contribution in [0, 0.1) is 5.92 Å². The quantitative estimate of drug-likeness (QED) is 0.791. The maximum absolute atomic E-state index is 12.2. The molecule has 1 atom stereocenters. The summed E-state index contributed by atoms with van der Waals surface area (Å²) in [6.45, 7) is 2.97. The Kier molecular flexibility index (Phi) is 5.65. The van der Waals surface area contributed by atoms with Gasteiger partial charge in [0, 0.05) is 24.6 Å². The maximum atomic E-state index is 12.2. The van der Waals surface area contributed by atoms with E-state index in [1.807, 2.05) is 0 Å². The highest BCUT2D eigenvalue weighted by Gasteiger charge is 2.32. The number of aliphatic carboxylic acids is 1. The average molecular weight is 273 g/mol. The third-order valence-corrected chi connectivity index (χ3v) is 4.14. The molecule has 5 nitrogen and oxygen atoms in total. The van der Waals surface area contributed by atoms with Crippen LogP contribution >= 0.6 is 11.8 Å². The predicted octanol–water partition coefficient (Wildman–Crippen LogP) is 1.37. The Balaban J connectivity index is 2.56. The summed E-state index contributed by atoms with van der Waals surface area (Å²) < 4.78 is 0. The van der Waals surface area contributed by atoms with Crippen LogP contribution in [0.15, 0.2) is 0 Å². The van der Waals surface area contributed by atoms with E-state index in [0.29, 0.717) is 5.75 Å². The van der Waals surface area contributed by atoms with Gasteiger partial charge in [-0.05, 0) is 19.3 Å². The summed E-state index contributed by atoms with van der Waals surface area (Å²) in [5.41, 5.74) is 0. The number of hydrogen-bond donors (Lipinski definition) is 1. The Bertz CT molecular complexity index is 341. The van der Waals surface area contributed by atoms with Gasteiger partial charge in [0.2, 0.25) is 5.91 Å². The van der Waals surface area contributed by atoms with Crippen LogP contribution in [0.25, 0.3) is 0 Å². The minimum Gasteiger partial charge on any atom is -0.480 e. The predicted molar refractivity (Wildman–Crippen MR) is 69.3 cm³/mol. The molecule has 1 aliphatic rings. The lowest BCUT2D eigenvalue weighted by atomic mass is 9.90. The molecule has 0 aromatic rings. The summed E-state index contributed by atoms with van der Waals surface area (Å²) in [6, 6.07) is 0.0679. The smallest absolute Gasteiger partial charge is 0.323 e. The molecule has 0 spiro atoms. The molecule has 1 aliphatic carbocycles. The minimum atomic E-state index is -0.985. The molecule has 0 radical (unpaired) electrons. The van der Waals surface area contributed by atoms with Crippen molar-refractivity contribution in [3.8, 4) is 0 Å². The first-order valence-electron chi connectivity index (χ1n) is 6.07. The molecule has 1 N–H and O–H groups in total. The topological polar surface area (TPSA) is 74.7 Å². The van der Waals surface area contributed by atoms with E-state index in [2.05, 4.69) is 0 Å². The molecule has 18 heavy (non-hydrogen) atoms. The van der Waals surface area contributed by atoms with Crippen molar-refractivity contribution in [3.63, 3.8) is 0 Å². The van der Waals surface area contributed by atoms with E-state index in [4.69, 9.17) is 5.11 Å². The number of amides is 1. The SMILES string of the molecule is CC(=O)SCC(C)C(=O)N(CC(=O)O)C1CCC1. The van der Waals surface area contributed by atoms with Gasteiger partial charge in [-0.2, -0.15) is 0 Å². The summed E-state index contributed by atoms with van der Waals surface area (Å²) in [5.74, 6) is -1.05. The summed E-state index contributed by atoms with van der Waals surface area (Å²) >= 11 is 1.11. The Morgan fingerprint density at radius 1 is 1.39 bits per heavy atom. The number of carbonyl (C=O) groups is 3. The fraction of sp³-hybridized carbons (Fsp3) is 0.750. The highest BCUT2D eigenvalue weighted by molar-refractivity contribution is 8.13. The Morgan fingerprint density at radius 2 is 2.00 bits per heavy atom. The molecule has 1 unspecified atom stereocenters. The number of carboxylic acids is 1. The van der Waals surface area contributed by atoms with Gasteiger partial charge in [-0.3, -0.25) is 14.4 Å². The lowest BCUT2D eigenvalue weighted by Crippen LogP contribution is -2.49. The molecule has 0 bridgehead atoms. The highest BCUT2D eigenvalue weighted by Crippen LogP contribution is 2.26. The van der Waals surface area contributed by atoms with Gasteiger partial charge in [-0.25, -0.2) is 0 Å². The Hall–Kier alpha value is -1.04. The van der Waals surface area contributed by atoms with Crippen molar-refractivity contribution in [2.75, 3.05) is 12.3 Å². The van der Waals surface area contributed by atoms with E-state index in [0.717, 1.165) is 31.0 Å². The molecule has 0 heterocycles. The molecule has 1 saturated carbocycles. The lowest BCUT2D eigenvalue weighted by Gasteiger charge is -2.37. The first kappa shape index (κ1) is 15.0. The second-order valence-electron chi connectivity index (χ2n) is 4.65. The molecule has 0 saturated heterocycles. The molecule has 1 fully saturated rings. The van der Waals surface area contributed by atoms with E-state index in [9.17, 15) is 14.4 Å². The zero-order valence-electron chi connectivity index (χ0n) is 10.7. The van der Waals surface area contributed by atoms with E-state index < -0.39 is 5.97 Å². The van der Waals surface area contributed by atoms with Crippen molar-refractivity contribution >= 4 is 28.8 Å². The normalized spacial score (nSPS) is 16.8. The summed E-state index contributed by atoms with van der Waals surface area (Å²) in [7, 11) is 0. The number of thioether (sulfide) groups is 1.